The number of hydrogen-bond donors (Lipinski definition) is 2. The summed E-state index contributed by atoms with van der Waals surface area (Å²) in [5.41, 5.74) is 10.1. The van der Waals surface area contributed by atoms with Gasteiger partial charge in [0, 0.05) is 0 Å². The molecule has 1 saturated carbocycles. The average Bonchev–Trinajstić information content (AvgIpc) is 2.24. The van der Waals surface area contributed by atoms with Crippen LogP contribution in [-0.2, 0) is 9.59 Å². The van der Waals surface area contributed by atoms with Gasteiger partial charge in [0.25, 0.3) is 0 Å². The molecular formula is C12H18N2O2. The summed E-state index contributed by atoms with van der Waals surface area (Å²) >= 11 is 0. The first-order valence-corrected chi connectivity index (χ1v) is 5.55. The molecule has 2 amide bonds. The molecule has 0 saturated heterocycles. The van der Waals surface area contributed by atoms with Crippen LogP contribution in [0.25, 0.3) is 0 Å². The molecule has 0 radical (unpaired) electrons. The molecule has 88 valence electrons. The van der Waals surface area contributed by atoms with Gasteiger partial charge >= 0.3 is 0 Å². The highest BCUT2D eigenvalue weighted by Gasteiger charge is 2.20. The minimum absolute atomic E-state index is 0.289. The van der Waals surface area contributed by atoms with Gasteiger partial charge in [-0.05, 0) is 36.8 Å². The molecule has 4 N–H and O–H groups in total. The standard InChI is InChI=1S/C12H18N2O2/c13-11(15)7-5-9-3-1-2-4-10(9)6-8-12(14)16/h5-10H,1-4H2,(H2,13,15)(H2,14,16)/t9-,10-/m0/s1. The molecule has 0 aromatic carbocycles. The summed E-state index contributed by atoms with van der Waals surface area (Å²) in [7, 11) is 0. The maximum Gasteiger partial charge on any atom is 0.241 e. The summed E-state index contributed by atoms with van der Waals surface area (Å²) in [6.45, 7) is 0. The number of carbonyl (C=O) groups excluding carboxylic acids is 2. The van der Waals surface area contributed by atoms with Gasteiger partial charge in [-0.15, -0.1) is 0 Å². The molecule has 0 unspecified atom stereocenters. The molecule has 4 nitrogen and oxygen atoms in total. The number of hydrogen-bond acceptors (Lipinski definition) is 2. The molecule has 0 spiro atoms. The summed E-state index contributed by atoms with van der Waals surface area (Å²) in [6, 6.07) is 0. The first-order valence-electron chi connectivity index (χ1n) is 5.55. The number of nitrogens with two attached hydrogens (primary N) is 2. The summed E-state index contributed by atoms with van der Waals surface area (Å²) in [6.07, 6.45) is 10.8. The van der Waals surface area contributed by atoms with Crippen LogP contribution < -0.4 is 11.5 Å². The van der Waals surface area contributed by atoms with Gasteiger partial charge in [0.1, 0.15) is 0 Å². The fourth-order valence-corrected chi connectivity index (χ4v) is 2.10. The normalized spacial score (nSPS) is 26.2. The number of carbonyl (C=O) groups is 2. The van der Waals surface area contributed by atoms with Crippen LogP contribution in [0.5, 0.6) is 0 Å². The Morgan fingerprint density at radius 3 is 1.56 bits per heavy atom. The highest BCUT2D eigenvalue weighted by Crippen LogP contribution is 2.31. The minimum Gasteiger partial charge on any atom is -0.366 e. The molecule has 1 aliphatic carbocycles. The topological polar surface area (TPSA) is 86.2 Å². The van der Waals surface area contributed by atoms with E-state index >= 15 is 0 Å². The Bertz CT molecular complexity index is 289. The first kappa shape index (κ1) is 12.5. The van der Waals surface area contributed by atoms with Crippen LogP contribution in [0.15, 0.2) is 24.3 Å². The van der Waals surface area contributed by atoms with Crippen LogP contribution in [0, 0.1) is 11.8 Å². The Morgan fingerprint density at radius 1 is 0.875 bits per heavy atom. The lowest BCUT2D eigenvalue weighted by Gasteiger charge is -2.26. The fourth-order valence-electron chi connectivity index (χ4n) is 2.10. The van der Waals surface area contributed by atoms with Crippen molar-refractivity contribution in [2.45, 2.75) is 25.7 Å². The molecule has 16 heavy (non-hydrogen) atoms. The molecule has 0 aromatic rings. The molecule has 0 bridgehead atoms. The third-order valence-corrected chi connectivity index (χ3v) is 2.89. The van der Waals surface area contributed by atoms with E-state index in [0.717, 1.165) is 25.7 Å². The second kappa shape index (κ2) is 6.10. The number of allylic oxidation sites excluding steroid dienone is 2. The van der Waals surface area contributed by atoms with Crippen molar-refractivity contribution in [1.82, 2.24) is 0 Å². The fraction of sp³-hybridized carbons (Fsp3) is 0.500. The molecule has 1 fully saturated rings. The summed E-state index contributed by atoms with van der Waals surface area (Å²) in [5.74, 6) is -0.278. The molecule has 1 aliphatic rings. The predicted octanol–water partition coefficient (Wildman–Crippen LogP) is 0.876. The molecule has 0 aromatic heterocycles. The Balaban J connectivity index is 2.63. The van der Waals surface area contributed by atoms with Crippen molar-refractivity contribution >= 4 is 11.8 Å². The van der Waals surface area contributed by atoms with E-state index in [-0.39, 0.29) is 11.8 Å². The van der Waals surface area contributed by atoms with Crippen LogP contribution in [-0.4, -0.2) is 11.8 Å². The van der Waals surface area contributed by atoms with E-state index in [9.17, 15) is 9.59 Å². The zero-order chi connectivity index (χ0) is 12.0. The Kier molecular flexibility index (Phi) is 4.76. The van der Waals surface area contributed by atoms with Crippen LogP contribution in [0.1, 0.15) is 25.7 Å². The highest BCUT2D eigenvalue weighted by molar-refractivity contribution is 5.86. The second-order valence-electron chi connectivity index (χ2n) is 4.14. The van der Waals surface area contributed by atoms with Crippen LogP contribution >= 0.6 is 0 Å². The third-order valence-electron chi connectivity index (χ3n) is 2.89. The summed E-state index contributed by atoms with van der Waals surface area (Å²) < 4.78 is 0. The molecule has 0 heterocycles. The molecule has 1 rings (SSSR count). The number of amides is 2. The maximum atomic E-state index is 10.7. The van der Waals surface area contributed by atoms with Gasteiger partial charge in [0.05, 0.1) is 0 Å². The lowest BCUT2D eigenvalue weighted by atomic mass is 9.79. The molecule has 2 atom stereocenters. The maximum absolute atomic E-state index is 10.7. The smallest absolute Gasteiger partial charge is 0.241 e. The first-order chi connectivity index (χ1) is 7.59. The van der Waals surface area contributed by atoms with Gasteiger partial charge < -0.3 is 11.5 Å². The predicted molar refractivity (Wildman–Crippen MR) is 62.1 cm³/mol. The van der Waals surface area contributed by atoms with Crippen molar-refractivity contribution in [3.05, 3.63) is 24.3 Å². The van der Waals surface area contributed by atoms with Crippen molar-refractivity contribution in [3.63, 3.8) is 0 Å². The van der Waals surface area contributed by atoms with Crippen LogP contribution in [0.3, 0.4) is 0 Å². The van der Waals surface area contributed by atoms with Gasteiger partial charge in [-0.3, -0.25) is 9.59 Å². The molecule has 0 aliphatic heterocycles. The van der Waals surface area contributed by atoms with Gasteiger partial charge in [-0.2, -0.15) is 0 Å². The van der Waals surface area contributed by atoms with Crippen molar-refractivity contribution in [2.24, 2.45) is 23.3 Å². The Morgan fingerprint density at radius 2 is 1.25 bits per heavy atom. The van der Waals surface area contributed by atoms with E-state index in [1.165, 1.54) is 12.2 Å². The molecular weight excluding hydrogens is 204 g/mol. The SMILES string of the molecule is NC(=O)C=C[C@@H]1CCCC[C@H]1C=CC(N)=O. The monoisotopic (exact) mass is 222 g/mol. The Hall–Kier alpha value is -1.58. The summed E-state index contributed by atoms with van der Waals surface area (Å²) in [5, 5.41) is 0. The van der Waals surface area contributed by atoms with Crippen LogP contribution in [0.4, 0.5) is 0 Å². The summed E-state index contributed by atoms with van der Waals surface area (Å²) in [4.78, 5) is 21.3. The zero-order valence-corrected chi connectivity index (χ0v) is 9.26. The number of primary amides is 2. The van der Waals surface area contributed by atoms with Crippen LogP contribution in [0.2, 0.25) is 0 Å². The average molecular weight is 222 g/mol. The Labute approximate surface area is 95.4 Å². The van der Waals surface area contributed by atoms with Crippen molar-refractivity contribution in [3.8, 4) is 0 Å². The van der Waals surface area contributed by atoms with Gasteiger partial charge in [0.15, 0.2) is 0 Å². The highest BCUT2D eigenvalue weighted by atomic mass is 16.1. The van der Waals surface area contributed by atoms with Gasteiger partial charge in [0.2, 0.25) is 11.8 Å². The van der Waals surface area contributed by atoms with Gasteiger partial charge in [-0.1, -0.05) is 25.0 Å². The lowest BCUT2D eigenvalue weighted by Crippen LogP contribution is -2.18. The van der Waals surface area contributed by atoms with E-state index in [1.807, 2.05) is 12.2 Å². The van der Waals surface area contributed by atoms with E-state index in [0.29, 0.717) is 0 Å². The quantitative estimate of drug-likeness (QED) is 0.692. The zero-order valence-electron chi connectivity index (χ0n) is 9.26. The lowest BCUT2D eigenvalue weighted by molar-refractivity contribution is -0.114. The van der Waals surface area contributed by atoms with Crippen molar-refractivity contribution in [1.29, 1.82) is 0 Å². The molecule has 4 heteroatoms. The van der Waals surface area contributed by atoms with Crippen molar-refractivity contribution in [2.75, 3.05) is 0 Å². The van der Waals surface area contributed by atoms with E-state index in [4.69, 9.17) is 11.5 Å². The van der Waals surface area contributed by atoms with E-state index in [2.05, 4.69) is 0 Å². The van der Waals surface area contributed by atoms with E-state index < -0.39 is 11.8 Å². The second-order valence-corrected chi connectivity index (χ2v) is 4.14. The largest absolute Gasteiger partial charge is 0.366 e. The number of rotatable bonds is 4. The van der Waals surface area contributed by atoms with Gasteiger partial charge in [-0.25, -0.2) is 0 Å². The van der Waals surface area contributed by atoms with Crippen molar-refractivity contribution < 1.29 is 9.59 Å². The van der Waals surface area contributed by atoms with E-state index in [1.54, 1.807) is 0 Å². The minimum atomic E-state index is -0.428. The third kappa shape index (κ3) is 4.29.